The number of anilines is 3. The molecule has 0 saturated carbocycles. The number of hydrogen-bond donors (Lipinski definition) is 0. The molecule has 0 aliphatic rings. The third kappa shape index (κ3) is 4.44. The first kappa shape index (κ1) is 22.3. The van der Waals surface area contributed by atoms with Crippen LogP contribution in [0.25, 0.3) is 33.0 Å². The van der Waals surface area contributed by atoms with Crippen LogP contribution in [-0.2, 0) is 0 Å². The maximum atomic E-state index is 3.60. The van der Waals surface area contributed by atoms with E-state index in [2.05, 4.69) is 166 Å². The summed E-state index contributed by atoms with van der Waals surface area (Å²) in [5.41, 5.74) is 8.21. The molecule has 0 bridgehead atoms. The Labute approximate surface area is 220 Å². The van der Waals surface area contributed by atoms with E-state index in [4.69, 9.17) is 0 Å². The van der Waals surface area contributed by atoms with Crippen LogP contribution in [0.1, 0.15) is 0 Å². The Hall–Kier alpha value is -4.14. The fourth-order valence-corrected chi connectivity index (χ4v) is 5.18. The van der Waals surface area contributed by atoms with Gasteiger partial charge in [-0.2, -0.15) is 0 Å². The zero-order valence-corrected chi connectivity index (χ0v) is 21.3. The van der Waals surface area contributed by atoms with Gasteiger partial charge in [0.25, 0.3) is 0 Å². The SMILES string of the molecule is Brc1cccc(-c2cccc(-c3cccc(N(c4ccccc4)c4cccc5ccccc45)c3)c2)c1. The van der Waals surface area contributed by atoms with E-state index in [9.17, 15) is 0 Å². The molecule has 2 heteroatoms. The van der Waals surface area contributed by atoms with Gasteiger partial charge in [0.2, 0.25) is 0 Å². The number of para-hydroxylation sites is 1. The number of halogens is 1. The second kappa shape index (κ2) is 9.85. The van der Waals surface area contributed by atoms with Crippen LogP contribution in [-0.4, -0.2) is 0 Å². The average molecular weight is 526 g/mol. The summed E-state index contributed by atoms with van der Waals surface area (Å²) in [6.07, 6.45) is 0. The van der Waals surface area contributed by atoms with Crippen molar-refractivity contribution in [1.29, 1.82) is 0 Å². The smallest absolute Gasteiger partial charge is 0.0540 e. The molecule has 6 aromatic carbocycles. The predicted octanol–water partition coefficient (Wildman–Crippen LogP) is 10.4. The standard InChI is InChI=1S/C34H24BrN/c35-30-16-7-14-28(23-30)26-12-6-13-27(22-26)29-15-8-19-32(24-29)36(31-17-2-1-3-18-31)34-21-9-11-25-10-4-5-20-33(25)34/h1-24H. The highest BCUT2D eigenvalue weighted by Gasteiger charge is 2.15. The summed E-state index contributed by atoms with van der Waals surface area (Å²) >= 11 is 3.60. The molecular weight excluding hydrogens is 502 g/mol. The van der Waals surface area contributed by atoms with Gasteiger partial charge >= 0.3 is 0 Å². The molecule has 0 aromatic heterocycles. The van der Waals surface area contributed by atoms with Crippen molar-refractivity contribution in [2.75, 3.05) is 4.90 Å². The van der Waals surface area contributed by atoms with Crippen LogP contribution >= 0.6 is 15.9 Å². The maximum absolute atomic E-state index is 3.60. The van der Waals surface area contributed by atoms with Crippen LogP contribution < -0.4 is 4.90 Å². The largest absolute Gasteiger partial charge is 0.310 e. The lowest BCUT2D eigenvalue weighted by atomic mass is 9.98. The Kier molecular flexibility index (Phi) is 6.11. The van der Waals surface area contributed by atoms with E-state index in [1.165, 1.54) is 38.7 Å². The number of benzene rings is 6. The zero-order valence-electron chi connectivity index (χ0n) is 19.7. The van der Waals surface area contributed by atoms with E-state index in [0.29, 0.717) is 0 Å². The molecule has 0 spiro atoms. The summed E-state index contributed by atoms with van der Waals surface area (Å²) in [5.74, 6) is 0. The number of rotatable bonds is 5. The first-order valence-electron chi connectivity index (χ1n) is 12.1. The average Bonchev–Trinajstić information content (AvgIpc) is 2.94. The van der Waals surface area contributed by atoms with Crippen molar-refractivity contribution in [3.8, 4) is 22.3 Å². The van der Waals surface area contributed by atoms with Gasteiger partial charge in [0.1, 0.15) is 0 Å². The Morgan fingerprint density at radius 3 is 1.75 bits per heavy atom. The van der Waals surface area contributed by atoms with E-state index < -0.39 is 0 Å². The first-order chi connectivity index (χ1) is 17.8. The van der Waals surface area contributed by atoms with Gasteiger partial charge < -0.3 is 4.90 Å². The Morgan fingerprint density at radius 1 is 0.417 bits per heavy atom. The lowest BCUT2D eigenvalue weighted by Gasteiger charge is -2.27. The predicted molar refractivity (Wildman–Crippen MR) is 157 cm³/mol. The maximum Gasteiger partial charge on any atom is 0.0540 e. The summed E-state index contributed by atoms with van der Waals surface area (Å²) in [7, 11) is 0. The molecule has 6 rings (SSSR count). The van der Waals surface area contributed by atoms with Crippen molar-refractivity contribution in [3.05, 3.63) is 150 Å². The molecule has 36 heavy (non-hydrogen) atoms. The van der Waals surface area contributed by atoms with Crippen LogP contribution in [0.4, 0.5) is 17.1 Å². The summed E-state index contributed by atoms with van der Waals surface area (Å²) in [6.45, 7) is 0. The molecule has 0 heterocycles. The van der Waals surface area contributed by atoms with Crippen molar-refractivity contribution in [2.45, 2.75) is 0 Å². The lowest BCUT2D eigenvalue weighted by Crippen LogP contribution is -2.10. The van der Waals surface area contributed by atoms with Gasteiger partial charge in [-0.3, -0.25) is 0 Å². The van der Waals surface area contributed by atoms with Crippen LogP contribution in [0.2, 0.25) is 0 Å². The monoisotopic (exact) mass is 525 g/mol. The Balaban J connectivity index is 1.48. The highest BCUT2D eigenvalue weighted by Crippen LogP contribution is 2.40. The molecular formula is C34H24BrN. The third-order valence-corrected chi connectivity index (χ3v) is 6.97. The van der Waals surface area contributed by atoms with E-state index in [1.807, 2.05) is 0 Å². The van der Waals surface area contributed by atoms with E-state index in [-0.39, 0.29) is 0 Å². The van der Waals surface area contributed by atoms with Crippen molar-refractivity contribution in [3.63, 3.8) is 0 Å². The third-order valence-electron chi connectivity index (χ3n) is 6.48. The molecule has 0 fully saturated rings. The van der Waals surface area contributed by atoms with E-state index >= 15 is 0 Å². The van der Waals surface area contributed by atoms with Gasteiger partial charge in [-0.25, -0.2) is 0 Å². The molecule has 6 aromatic rings. The van der Waals surface area contributed by atoms with Crippen LogP contribution in [0.15, 0.2) is 150 Å². The van der Waals surface area contributed by atoms with Gasteiger partial charge in [0.05, 0.1) is 5.69 Å². The molecule has 0 N–H and O–H groups in total. The first-order valence-corrected chi connectivity index (χ1v) is 12.8. The molecule has 0 radical (unpaired) electrons. The minimum atomic E-state index is 1.08. The second-order valence-corrected chi connectivity index (χ2v) is 9.73. The van der Waals surface area contributed by atoms with Crippen molar-refractivity contribution < 1.29 is 0 Å². The molecule has 0 saturated heterocycles. The molecule has 172 valence electrons. The molecule has 0 aliphatic heterocycles. The topological polar surface area (TPSA) is 3.24 Å². The van der Waals surface area contributed by atoms with Gasteiger partial charge in [-0.1, -0.05) is 113 Å². The number of nitrogens with zero attached hydrogens (tertiary/aromatic N) is 1. The fraction of sp³-hybridized carbons (Fsp3) is 0. The summed E-state index contributed by atoms with van der Waals surface area (Å²) in [5, 5.41) is 2.46. The van der Waals surface area contributed by atoms with Crippen molar-refractivity contribution in [2.24, 2.45) is 0 Å². The van der Waals surface area contributed by atoms with Gasteiger partial charge in [0.15, 0.2) is 0 Å². The van der Waals surface area contributed by atoms with Gasteiger partial charge in [-0.15, -0.1) is 0 Å². The molecule has 0 amide bonds. The normalized spacial score (nSPS) is 10.9. The van der Waals surface area contributed by atoms with E-state index in [0.717, 1.165) is 15.8 Å². The zero-order chi connectivity index (χ0) is 24.3. The van der Waals surface area contributed by atoms with Gasteiger partial charge in [-0.05, 0) is 76.2 Å². The minimum Gasteiger partial charge on any atom is -0.310 e. The highest BCUT2D eigenvalue weighted by molar-refractivity contribution is 9.10. The molecule has 0 unspecified atom stereocenters. The summed E-state index contributed by atoms with van der Waals surface area (Å²) < 4.78 is 1.08. The number of fused-ring (bicyclic) bond motifs is 1. The quantitative estimate of drug-likeness (QED) is 0.216. The Morgan fingerprint density at radius 2 is 0.972 bits per heavy atom. The van der Waals surface area contributed by atoms with Crippen LogP contribution in [0.5, 0.6) is 0 Å². The van der Waals surface area contributed by atoms with Crippen LogP contribution in [0, 0.1) is 0 Å². The summed E-state index contributed by atoms with van der Waals surface area (Å²) in [4.78, 5) is 2.35. The fourth-order valence-electron chi connectivity index (χ4n) is 4.78. The second-order valence-electron chi connectivity index (χ2n) is 8.81. The van der Waals surface area contributed by atoms with Gasteiger partial charge in [0, 0.05) is 21.2 Å². The molecule has 0 atom stereocenters. The summed E-state index contributed by atoms with van der Waals surface area (Å²) in [6, 6.07) is 51.7. The lowest BCUT2D eigenvalue weighted by molar-refractivity contribution is 1.30. The van der Waals surface area contributed by atoms with Crippen molar-refractivity contribution in [1.82, 2.24) is 0 Å². The molecule has 1 nitrogen and oxygen atoms in total. The highest BCUT2D eigenvalue weighted by atomic mass is 79.9. The van der Waals surface area contributed by atoms with E-state index in [1.54, 1.807) is 0 Å². The number of hydrogen-bond acceptors (Lipinski definition) is 1. The Bertz CT molecular complexity index is 1650. The van der Waals surface area contributed by atoms with Crippen LogP contribution in [0.3, 0.4) is 0 Å². The minimum absolute atomic E-state index is 1.08. The molecule has 0 aliphatic carbocycles. The van der Waals surface area contributed by atoms with Crippen molar-refractivity contribution >= 4 is 43.8 Å².